The number of aryl methyl sites for hydroxylation is 1. The Bertz CT molecular complexity index is 403. The Morgan fingerprint density at radius 1 is 1.32 bits per heavy atom. The maximum absolute atomic E-state index is 6.17. The molecular weight excluding hydrogens is 274 g/mol. The molecule has 0 aromatic carbocycles. The Hall–Kier alpha value is -0.0500. The summed E-state index contributed by atoms with van der Waals surface area (Å²) in [5, 5.41) is 3.80. The van der Waals surface area contributed by atoms with Crippen LogP contribution in [0.5, 0.6) is 0 Å². The molecule has 0 aliphatic heterocycles. The van der Waals surface area contributed by atoms with E-state index in [1.807, 2.05) is 0 Å². The minimum absolute atomic E-state index is 0.521. The number of hydrogen-bond acceptors (Lipinski definition) is 2. The Balaban J connectivity index is 2.00. The average Bonchev–Trinajstić information content (AvgIpc) is 2.69. The number of thiophene rings is 1. The summed E-state index contributed by atoms with van der Waals surface area (Å²) in [7, 11) is 0. The summed E-state index contributed by atoms with van der Waals surface area (Å²) in [5.74, 6) is 2.22. The molecule has 0 saturated heterocycles. The lowest BCUT2D eigenvalue weighted by molar-refractivity contribution is 0.261. The molecule has 0 radical (unpaired) electrons. The highest BCUT2D eigenvalue weighted by Gasteiger charge is 2.24. The largest absolute Gasteiger partial charge is 0.310 e. The molecule has 0 spiro atoms. The van der Waals surface area contributed by atoms with Gasteiger partial charge in [0.15, 0.2) is 0 Å². The molecule has 1 aromatic rings. The highest BCUT2D eigenvalue weighted by Crippen LogP contribution is 2.38. The van der Waals surface area contributed by atoms with E-state index in [1.54, 1.807) is 11.3 Å². The molecule has 19 heavy (non-hydrogen) atoms. The summed E-state index contributed by atoms with van der Waals surface area (Å²) in [6, 6.07) is 2.70. The van der Waals surface area contributed by atoms with Gasteiger partial charge >= 0.3 is 0 Å². The fourth-order valence-electron chi connectivity index (χ4n) is 3.25. The number of fused-ring (bicyclic) bond motifs is 1. The van der Waals surface area contributed by atoms with Crippen LogP contribution in [-0.2, 0) is 6.42 Å². The summed E-state index contributed by atoms with van der Waals surface area (Å²) < 4.78 is 0.947. The van der Waals surface area contributed by atoms with Crippen molar-refractivity contribution in [2.24, 2.45) is 17.8 Å². The quantitative estimate of drug-likeness (QED) is 0.778. The van der Waals surface area contributed by atoms with Gasteiger partial charge in [0.25, 0.3) is 0 Å². The highest BCUT2D eigenvalue weighted by atomic mass is 35.5. The number of rotatable bonds is 5. The molecule has 0 saturated carbocycles. The van der Waals surface area contributed by atoms with E-state index < -0.39 is 0 Å². The molecule has 1 aliphatic rings. The van der Waals surface area contributed by atoms with Gasteiger partial charge in [-0.2, -0.15) is 0 Å². The Labute approximate surface area is 126 Å². The number of halogens is 1. The van der Waals surface area contributed by atoms with Crippen LogP contribution < -0.4 is 5.32 Å². The second kappa shape index (κ2) is 6.60. The zero-order chi connectivity index (χ0) is 14.0. The summed E-state index contributed by atoms with van der Waals surface area (Å²) in [4.78, 5) is 1.50. The second-order valence-electron chi connectivity index (χ2n) is 6.43. The smallest absolute Gasteiger partial charge is 0.0934 e. The van der Waals surface area contributed by atoms with Crippen LogP contribution in [0.15, 0.2) is 6.07 Å². The molecule has 1 nitrogen and oxygen atoms in total. The van der Waals surface area contributed by atoms with Crippen molar-refractivity contribution < 1.29 is 0 Å². The Kier molecular flexibility index (Phi) is 5.33. The van der Waals surface area contributed by atoms with Crippen LogP contribution in [0.25, 0.3) is 0 Å². The first kappa shape index (κ1) is 15.3. The lowest BCUT2D eigenvalue weighted by Crippen LogP contribution is -2.33. The van der Waals surface area contributed by atoms with Gasteiger partial charge in [-0.1, -0.05) is 39.3 Å². The topological polar surface area (TPSA) is 12.0 Å². The van der Waals surface area contributed by atoms with Crippen LogP contribution in [0.4, 0.5) is 0 Å². The molecule has 1 unspecified atom stereocenters. The first-order chi connectivity index (χ1) is 8.99. The third-order valence-corrected chi connectivity index (χ3v) is 5.74. The van der Waals surface area contributed by atoms with Crippen molar-refractivity contribution in [3.05, 3.63) is 20.8 Å². The molecule has 0 fully saturated rings. The maximum atomic E-state index is 6.17. The lowest BCUT2D eigenvalue weighted by atomic mass is 9.84. The van der Waals surface area contributed by atoms with Crippen molar-refractivity contribution in [2.75, 3.05) is 6.54 Å². The van der Waals surface area contributed by atoms with Crippen molar-refractivity contribution in [3.63, 3.8) is 0 Å². The highest BCUT2D eigenvalue weighted by molar-refractivity contribution is 7.16. The summed E-state index contributed by atoms with van der Waals surface area (Å²) >= 11 is 7.94. The van der Waals surface area contributed by atoms with Gasteiger partial charge in [-0.05, 0) is 55.2 Å². The van der Waals surface area contributed by atoms with E-state index in [1.165, 1.54) is 29.7 Å². The van der Waals surface area contributed by atoms with Gasteiger partial charge in [0.2, 0.25) is 0 Å². The van der Waals surface area contributed by atoms with Gasteiger partial charge in [0.1, 0.15) is 0 Å². The van der Waals surface area contributed by atoms with Crippen molar-refractivity contribution in [3.8, 4) is 0 Å². The summed E-state index contributed by atoms with van der Waals surface area (Å²) in [6.45, 7) is 10.5. The molecule has 1 N–H and O–H groups in total. The average molecular weight is 300 g/mol. The fourth-order valence-corrected chi connectivity index (χ4v) is 4.64. The van der Waals surface area contributed by atoms with Gasteiger partial charge in [-0.25, -0.2) is 0 Å². The van der Waals surface area contributed by atoms with E-state index in [9.17, 15) is 0 Å². The summed E-state index contributed by atoms with van der Waals surface area (Å²) in [6.07, 6.45) is 3.75. The first-order valence-electron chi connectivity index (χ1n) is 7.50. The standard InChI is InChI=1S/C16H26ClNS/c1-10(2)13(11(3)4)9-18-14-6-5-7-15-12(14)8-16(17)19-15/h8,10-11,13-14,18H,5-7,9H2,1-4H3. The van der Waals surface area contributed by atoms with Crippen LogP contribution >= 0.6 is 22.9 Å². The van der Waals surface area contributed by atoms with Crippen molar-refractivity contribution in [1.29, 1.82) is 0 Å². The molecule has 0 bridgehead atoms. The minimum atomic E-state index is 0.521. The van der Waals surface area contributed by atoms with Gasteiger partial charge in [-0.15, -0.1) is 11.3 Å². The maximum Gasteiger partial charge on any atom is 0.0934 e. The zero-order valence-corrected chi connectivity index (χ0v) is 14.1. The number of nitrogens with one attached hydrogen (secondary N) is 1. The van der Waals surface area contributed by atoms with E-state index >= 15 is 0 Å². The minimum Gasteiger partial charge on any atom is -0.310 e. The monoisotopic (exact) mass is 299 g/mol. The van der Waals surface area contributed by atoms with E-state index in [4.69, 9.17) is 11.6 Å². The van der Waals surface area contributed by atoms with Gasteiger partial charge in [0.05, 0.1) is 4.34 Å². The third-order valence-electron chi connectivity index (χ3n) is 4.40. The summed E-state index contributed by atoms with van der Waals surface area (Å²) in [5.41, 5.74) is 1.47. The molecule has 1 aliphatic carbocycles. The molecule has 2 rings (SSSR count). The Morgan fingerprint density at radius 2 is 2.00 bits per heavy atom. The van der Waals surface area contributed by atoms with Crippen LogP contribution in [0, 0.1) is 17.8 Å². The molecule has 0 amide bonds. The van der Waals surface area contributed by atoms with Gasteiger partial charge < -0.3 is 5.32 Å². The van der Waals surface area contributed by atoms with Gasteiger partial charge in [-0.3, -0.25) is 0 Å². The van der Waals surface area contributed by atoms with Crippen molar-refractivity contribution in [2.45, 2.75) is 53.0 Å². The normalized spacial score (nSPS) is 19.5. The molecule has 1 atom stereocenters. The third kappa shape index (κ3) is 3.74. The van der Waals surface area contributed by atoms with E-state index in [0.717, 1.165) is 28.6 Å². The lowest BCUT2D eigenvalue weighted by Gasteiger charge is -2.30. The SMILES string of the molecule is CC(C)C(CNC1CCCc2sc(Cl)cc21)C(C)C. The second-order valence-corrected chi connectivity index (χ2v) is 8.20. The molecule has 1 aromatic heterocycles. The molecule has 1 heterocycles. The molecule has 108 valence electrons. The van der Waals surface area contributed by atoms with Crippen LogP contribution in [0.1, 0.15) is 57.0 Å². The van der Waals surface area contributed by atoms with E-state index in [-0.39, 0.29) is 0 Å². The van der Waals surface area contributed by atoms with Crippen LogP contribution in [0.2, 0.25) is 4.34 Å². The Morgan fingerprint density at radius 3 is 2.63 bits per heavy atom. The first-order valence-corrected chi connectivity index (χ1v) is 8.70. The molecular formula is C16H26ClNS. The zero-order valence-electron chi connectivity index (χ0n) is 12.5. The van der Waals surface area contributed by atoms with Crippen LogP contribution in [-0.4, -0.2) is 6.54 Å². The fraction of sp³-hybridized carbons (Fsp3) is 0.750. The van der Waals surface area contributed by atoms with Crippen LogP contribution in [0.3, 0.4) is 0 Å². The van der Waals surface area contributed by atoms with E-state index in [2.05, 4.69) is 39.1 Å². The number of hydrogen-bond donors (Lipinski definition) is 1. The molecule has 3 heteroatoms. The van der Waals surface area contributed by atoms with Gasteiger partial charge in [0, 0.05) is 10.9 Å². The predicted octanol–water partition coefficient (Wildman–Crippen LogP) is 5.30. The van der Waals surface area contributed by atoms with E-state index in [0.29, 0.717) is 6.04 Å². The van der Waals surface area contributed by atoms with Crippen molar-refractivity contribution >= 4 is 22.9 Å². The predicted molar refractivity (Wildman–Crippen MR) is 86.2 cm³/mol. The van der Waals surface area contributed by atoms with Crippen molar-refractivity contribution in [1.82, 2.24) is 5.32 Å².